The second-order valence-corrected chi connectivity index (χ2v) is 4.62. The highest BCUT2D eigenvalue weighted by Crippen LogP contribution is 2.07. The number of aromatic nitrogens is 1. The second-order valence-electron chi connectivity index (χ2n) is 4.06. The molecule has 19 heavy (non-hydrogen) atoms. The fourth-order valence-electron chi connectivity index (χ4n) is 1.60. The summed E-state index contributed by atoms with van der Waals surface area (Å²) >= 11 is 3.38. The number of rotatable bonds is 4. The van der Waals surface area contributed by atoms with Crippen LogP contribution in [0.4, 0.5) is 0 Å². The highest BCUT2D eigenvalue weighted by Gasteiger charge is 2.05. The fraction of sp³-hybridized carbons (Fsp3) is 0.143. The van der Waals surface area contributed by atoms with Crippen molar-refractivity contribution in [2.45, 2.75) is 11.9 Å². The van der Waals surface area contributed by atoms with Gasteiger partial charge in [0, 0.05) is 17.9 Å². The van der Waals surface area contributed by atoms with Gasteiger partial charge in [-0.25, -0.2) is 0 Å². The molecule has 0 bridgehead atoms. The smallest absolute Gasteiger partial charge is 0.268 e. The predicted octanol–water partition coefficient (Wildman–Crippen LogP) is 2.20. The molecule has 0 saturated carbocycles. The molecule has 0 atom stereocenters. The van der Waals surface area contributed by atoms with E-state index in [4.69, 9.17) is 0 Å². The first-order valence-corrected chi connectivity index (χ1v) is 6.92. The maximum atomic E-state index is 11.8. The Morgan fingerprint density at radius 3 is 2.42 bits per heavy atom. The van der Waals surface area contributed by atoms with Crippen LogP contribution in [0.25, 0.3) is 0 Å². The number of amides is 1. The van der Waals surface area contributed by atoms with Gasteiger partial charge >= 0.3 is 0 Å². The van der Waals surface area contributed by atoms with Crippen LogP contribution in [-0.4, -0.2) is 10.9 Å². The Labute approximate surface area is 119 Å². The molecule has 0 fully saturated rings. The summed E-state index contributed by atoms with van der Waals surface area (Å²) in [5.41, 5.74) is 2.18. The molecular weight excluding hydrogens is 308 g/mol. The van der Waals surface area contributed by atoms with Crippen LogP contribution in [0.1, 0.15) is 21.6 Å². The van der Waals surface area contributed by atoms with E-state index in [-0.39, 0.29) is 17.2 Å². The number of H-pyrrole nitrogens is 1. The normalized spacial score (nSPS) is 10.2. The number of halogens is 1. The highest BCUT2D eigenvalue weighted by atomic mass is 79.9. The molecule has 0 aliphatic heterocycles. The summed E-state index contributed by atoms with van der Waals surface area (Å²) in [6.45, 7) is 0.429. The van der Waals surface area contributed by atoms with Gasteiger partial charge in [0.05, 0.1) is 0 Å². The minimum atomic E-state index is -0.290. The van der Waals surface area contributed by atoms with Crippen LogP contribution in [0.15, 0.2) is 47.3 Å². The topological polar surface area (TPSA) is 62.0 Å². The molecule has 0 saturated heterocycles. The Hall–Kier alpha value is -1.88. The summed E-state index contributed by atoms with van der Waals surface area (Å²) in [4.78, 5) is 25.4. The average molecular weight is 321 g/mol. The molecule has 1 aromatic carbocycles. The first kappa shape index (κ1) is 13.5. The molecule has 5 heteroatoms. The van der Waals surface area contributed by atoms with E-state index < -0.39 is 0 Å². The first-order chi connectivity index (χ1) is 9.19. The molecule has 2 aromatic rings. The molecule has 0 spiro atoms. The summed E-state index contributed by atoms with van der Waals surface area (Å²) in [6, 6.07) is 12.4. The monoisotopic (exact) mass is 320 g/mol. The lowest BCUT2D eigenvalue weighted by Gasteiger charge is -2.05. The van der Waals surface area contributed by atoms with Gasteiger partial charge in [-0.1, -0.05) is 46.3 Å². The van der Waals surface area contributed by atoms with Gasteiger partial charge in [-0.3, -0.25) is 9.59 Å². The number of nitrogens with one attached hydrogen (secondary N) is 2. The van der Waals surface area contributed by atoms with Gasteiger partial charge in [0.15, 0.2) is 0 Å². The first-order valence-electron chi connectivity index (χ1n) is 5.80. The van der Waals surface area contributed by atoms with Crippen molar-refractivity contribution in [2.75, 3.05) is 0 Å². The van der Waals surface area contributed by atoms with Crippen LogP contribution in [0.3, 0.4) is 0 Å². The largest absolute Gasteiger partial charge is 0.347 e. The number of carbonyl (C=O) groups is 1. The Balaban J connectivity index is 1.98. The molecule has 1 amide bonds. The molecule has 2 N–H and O–H groups in total. The van der Waals surface area contributed by atoms with Crippen molar-refractivity contribution in [3.05, 3.63) is 69.6 Å². The van der Waals surface area contributed by atoms with Gasteiger partial charge in [-0.05, 0) is 17.2 Å². The van der Waals surface area contributed by atoms with E-state index in [0.29, 0.717) is 6.54 Å². The predicted molar refractivity (Wildman–Crippen MR) is 77.3 cm³/mol. The summed E-state index contributed by atoms with van der Waals surface area (Å²) in [5.74, 6) is -0.290. The van der Waals surface area contributed by atoms with Crippen LogP contribution >= 0.6 is 15.9 Å². The number of benzene rings is 1. The molecule has 0 aliphatic carbocycles. The molecular formula is C14H13BrN2O2. The van der Waals surface area contributed by atoms with Crippen molar-refractivity contribution < 1.29 is 4.79 Å². The van der Waals surface area contributed by atoms with Gasteiger partial charge in [-0.15, -0.1) is 0 Å². The van der Waals surface area contributed by atoms with Gasteiger partial charge in [-0.2, -0.15) is 0 Å². The molecule has 0 aliphatic rings. The van der Waals surface area contributed by atoms with Crippen LogP contribution in [0.2, 0.25) is 0 Å². The minimum Gasteiger partial charge on any atom is -0.347 e. The lowest BCUT2D eigenvalue weighted by Crippen LogP contribution is -2.25. The molecule has 4 nitrogen and oxygen atoms in total. The van der Waals surface area contributed by atoms with E-state index in [9.17, 15) is 9.59 Å². The summed E-state index contributed by atoms with van der Waals surface area (Å²) in [6.07, 6.45) is 0. The van der Waals surface area contributed by atoms with Crippen molar-refractivity contribution in [2.24, 2.45) is 0 Å². The third kappa shape index (κ3) is 3.79. The quantitative estimate of drug-likeness (QED) is 0.848. The van der Waals surface area contributed by atoms with Gasteiger partial charge in [0.2, 0.25) is 5.56 Å². The van der Waals surface area contributed by atoms with Crippen LogP contribution < -0.4 is 10.9 Å². The fourth-order valence-corrected chi connectivity index (χ4v) is 1.98. The summed E-state index contributed by atoms with van der Waals surface area (Å²) in [7, 11) is 0. The zero-order valence-corrected chi connectivity index (χ0v) is 11.7. The number of hydrogen-bond donors (Lipinski definition) is 2. The van der Waals surface area contributed by atoms with E-state index in [1.165, 1.54) is 11.6 Å². The Morgan fingerprint density at radius 2 is 1.79 bits per heavy atom. The lowest BCUT2D eigenvalue weighted by atomic mass is 10.1. The van der Waals surface area contributed by atoms with E-state index >= 15 is 0 Å². The molecule has 1 heterocycles. The number of hydrogen-bond acceptors (Lipinski definition) is 2. The van der Waals surface area contributed by atoms with E-state index in [0.717, 1.165) is 10.9 Å². The summed E-state index contributed by atoms with van der Waals surface area (Å²) < 4.78 is 0. The van der Waals surface area contributed by atoms with Gasteiger partial charge < -0.3 is 10.3 Å². The molecule has 98 valence electrons. The molecule has 0 unspecified atom stereocenters. The number of carbonyl (C=O) groups excluding carboxylic acids is 1. The zero-order chi connectivity index (χ0) is 13.7. The van der Waals surface area contributed by atoms with Crippen molar-refractivity contribution in [3.8, 4) is 0 Å². The number of pyridine rings is 1. The highest BCUT2D eigenvalue weighted by molar-refractivity contribution is 9.08. The number of alkyl halides is 1. The van der Waals surface area contributed by atoms with Crippen molar-refractivity contribution in [1.29, 1.82) is 0 Å². The maximum Gasteiger partial charge on any atom is 0.268 e. The van der Waals surface area contributed by atoms with E-state index in [1.54, 1.807) is 12.1 Å². The van der Waals surface area contributed by atoms with E-state index in [1.807, 2.05) is 24.3 Å². The van der Waals surface area contributed by atoms with Crippen LogP contribution in [0, 0.1) is 0 Å². The second kappa shape index (κ2) is 6.33. The molecule has 0 radical (unpaired) electrons. The molecule has 2 rings (SSSR count). The lowest BCUT2D eigenvalue weighted by molar-refractivity contribution is 0.0945. The van der Waals surface area contributed by atoms with Crippen molar-refractivity contribution in [1.82, 2.24) is 10.3 Å². The van der Waals surface area contributed by atoms with Crippen molar-refractivity contribution in [3.63, 3.8) is 0 Å². The summed E-state index contributed by atoms with van der Waals surface area (Å²) in [5, 5.41) is 3.57. The third-order valence-corrected chi connectivity index (χ3v) is 3.29. The Kier molecular flexibility index (Phi) is 4.52. The third-order valence-electron chi connectivity index (χ3n) is 2.64. The maximum absolute atomic E-state index is 11.8. The average Bonchev–Trinajstić information content (AvgIpc) is 2.45. The number of aromatic amines is 1. The van der Waals surface area contributed by atoms with E-state index in [2.05, 4.69) is 26.2 Å². The van der Waals surface area contributed by atoms with Gasteiger partial charge in [0.1, 0.15) is 5.69 Å². The van der Waals surface area contributed by atoms with Crippen LogP contribution in [-0.2, 0) is 11.9 Å². The zero-order valence-electron chi connectivity index (χ0n) is 10.2. The Bertz CT molecular complexity index is 620. The Morgan fingerprint density at radius 1 is 1.11 bits per heavy atom. The standard InChI is InChI=1S/C14H13BrN2O2/c15-8-10-4-6-11(7-5-10)9-16-14(19)12-2-1-3-13(18)17-12/h1-7H,8-9H2,(H,16,19)(H,17,18). The van der Waals surface area contributed by atoms with Crippen molar-refractivity contribution >= 4 is 21.8 Å². The molecule has 1 aromatic heterocycles. The SMILES string of the molecule is O=C(NCc1ccc(CBr)cc1)c1cccc(=O)[nH]1. The minimum absolute atomic E-state index is 0.268. The van der Waals surface area contributed by atoms with Crippen LogP contribution in [0.5, 0.6) is 0 Å². The van der Waals surface area contributed by atoms with Gasteiger partial charge in [0.25, 0.3) is 5.91 Å².